The summed E-state index contributed by atoms with van der Waals surface area (Å²) < 4.78 is 0. The maximum Gasteiger partial charge on any atom is 0.220 e. The van der Waals surface area contributed by atoms with Crippen molar-refractivity contribution in [3.8, 4) is 0 Å². The Hall–Kier alpha value is -1.91. The van der Waals surface area contributed by atoms with Gasteiger partial charge in [-0.1, -0.05) is 216 Å². The van der Waals surface area contributed by atoms with E-state index in [1.54, 1.807) is 6.08 Å². The normalized spacial score (nSPS) is 13.5. The molecule has 4 nitrogen and oxygen atoms in total. The molecule has 0 aliphatic rings. The molecule has 0 aromatic heterocycles. The van der Waals surface area contributed by atoms with E-state index >= 15 is 0 Å². The highest BCUT2D eigenvalue weighted by atomic mass is 16.3. The zero-order valence-corrected chi connectivity index (χ0v) is 36.7. The first-order valence-corrected chi connectivity index (χ1v) is 24.0. The second-order valence-corrected chi connectivity index (χ2v) is 16.2. The summed E-state index contributed by atoms with van der Waals surface area (Å²) in [7, 11) is 0. The molecule has 0 spiro atoms. The third kappa shape index (κ3) is 43.1. The molecule has 0 aromatic rings. The van der Waals surface area contributed by atoms with Crippen molar-refractivity contribution < 1.29 is 15.0 Å². The average molecular weight is 768 g/mol. The molecule has 0 saturated carbocycles. The second kappa shape index (κ2) is 46.5. The fourth-order valence-corrected chi connectivity index (χ4v) is 7.00. The number of hydrogen-bond acceptors (Lipinski definition) is 3. The number of carbonyl (C=O) groups is 1. The van der Waals surface area contributed by atoms with E-state index in [2.05, 4.69) is 67.8 Å². The number of carbonyl (C=O) groups excluding carboxylic acids is 1. The summed E-state index contributed by atoms with van der Waals surface area (Å²) in [5.74, 6) is -0.0794. The molecule has 55 heavy (non-hydrogen) atoms. The van der Waals surface area contributed by atoms with Gasteiger partial charge in [0.25, 0.3) is 0 Å². The topological polar surface area (TPSA) is 69.6 Å². The zero-order valence-electron chi connectivity index (χ0n) is 36.7. The SMILES string of the molecule is CCCCCCC/C=C\C/C=C\CCCCCCCCCCCCCCCC(=O)NC(CO)C(O)/C=C/CC/C=C/CC/C=C/CCCCCCCCCC. The van der Waals surface area contributed by atoms with Crippen LogP contribution >= 0.6 is 0 Å². The van der Waals surface area contributed by atoms with Gasteiger partial charge in [-0.25, -0.2) is 0 Å². The van der Waals surface area contributed by atoms with Gasteiger partial charge in [-0.3, -0.25) is 4.79 Å². The van der Waals surface area contributed by atoms with Crippen molar-refractivity contribution in [2.24, 2.45) is 0 Å². The first-order valence-electron chi connectivity index (χ1n) is 24.0. The first-order chi connectivity index (χ1) is 27.2. The molecule has 0 bridgehead atoms. The number of amides is 1. The van der Waals surface area contributed by atoms with Crippen LogP contribution in [0.3, 0.4) is 0 Å². The van der Waals surface area contributed by atoms with E-state index in [0.717, 1.165) is 44.9 Å². The Morgan fingerprint density at radius 1 is 0.436 bits per heavy atom. The van der Waals surface area contributed by atoms with E-state index in [9.17, 15) is 15.0 Å². The van der Waals surface area contributed by atoms with Crippen LogP contribution in [0.25, 0.3) is 0 Å². The van der Waals surface area contributed by atoms with Gasteiger partial charge in [0, 0.05) is 6.42 Å². The average Bonchev–Trinajstić information content (AvgIpc) is 3.19. The van der Waals surface area contributed by atoms with Crippen molar-refractivity contribution >= 4 is 5.91 Å². The van der Waals surface area contributed by atoms with E-state index in [4.69, 9.17) is 0 Å². The molecule has 3 N–H and O–H groups in total. The summed E-state index contributed by atoms with van der Waals surface area (Å²) in [5.41, 5.74) is 0. The zero-order chi connectivity index (χ0) is 40.0. The highest BCUT2D eigenvalue weighted by Crippen LogP contribution is 2.14. The van der Waals surface area contributed by atoms with Gasteiger partial charge in [0.05, 0.1) is 18.8 Å². The minimum Gasteiger partial charge on any atom is -0.394 e. The highest BCUT2D eigenvalue weighted by Gasteiger charge is 2.17. The minimum atomic E-state index is -0.872. The van der Waals surface area contributed by atoms with Crippen molar-refractivity contribution in [2.45, 2.75) is 251 Å². The molecule has 0 fully saturated rings. The Bertz CT molecular complexity index is 919. The predicted octanol–water partition coefficient (Wildman–Crippen LogP) is 15.3. The molecule has 320 valence electrons. The fraction of sp³-hybridized carbons (Fsp3) is 0.784. The molecule has 4 heteroatoms. The molecule has 2 atom stereocenters. The summed E-state index contributed by atoms with van der Waals surface area (Å²) in [6.45, 7) is 4.28. The maximum atomic E-state index is 12.4. The van der Waals surface area contributed by atoms with Crippen LogP contribution in [-0.4, -0.2) is 34.9 Å². The van der Waals surface area contributed by atoms with Crippen molar-refractivity contribution in [2.75, 3.05) is 6.61 Å². The van der Waals surface area contributed by atoms with E-state index < -0.39 is 12.1 Å². The molecule has 0 aliphatic carbocycles. The van der Waals surface area contributed by atoms with E-state index in [1.807, 2.05) is 6.08 Å². The largest absolute Gasteiger partial charge is 0.394 e. The Morgan fingerprint density at radius 3 is 1.16 bits per heavy atom. The maximum absolute atomic E-state index is 12.4. The predicted molar refractivity (Wildman–Crippen MR) is 244 cm³/mol. The molecule has 0 heterocycles. The number of aliphatic hydroxyl groups is 2. The van der Waals surface area contributed by atoms with Gasteiger partial charge in [-0.2, -0.15) is 0 Å². The van der Waals surface area contributed by atoms with E-state index in [1.165, 1.54) is 173 Å². The van der Waals surface area contributed by atoms with Crippen LogP contribution in [0.1, 0.15) is 239 Å². The Labute approximate surface area is 343 Å². The van der Waals surface area contributed by atoms with Crippen LogP contribution < -0.4 is 5.32 Å². The lowest BCUT2D eigenvalue weighted by molar-refractivity contribution is -0.123. The van der Waals surface area contributed by atoms with Gasteiger partial charge >= 0.3 is 0 Å². The Morgan fingerprint density at radius 2 is 0.764 bits per heavy atom. The molecule has 0 aromatic carbocycles. The lowest BCUT2D eigenvalue weighted by Crippen LogP contribution is -2.45. The van der Waals surface area contributed by atoms with Gasteiger partial charge in [0.15, 0.2) is 0 Å². The van der Waals surface area contributed by atoms with Gasteiger partial charge in [0.2, 0.25) is 5.91 Å². The molecule has 0 radical (unpaired) electrons. The van der Waals surface area contributed by atoms with Gasteiger partial charge in [-0.15, -0.1) is 0 Å². The number of rotatable bonds is 43. The molecule has 0 aliphatic heterocycles. The standard InChI is InChI=1S/C51H93NO3/c1-3-5-7-9-11-13-15-17-19-21-23-24-25-26-27-28-29-31-33-35-37-39-41-43-45-47-51(55)52-49(48-53)50(54)46-44-42-40-38-36-34-32-30-22-20-18-16-14-12-10-8-6-4-2/h15,17,21-23,30,36,38,44,46,49-50,53-54H,3-14,16,18-20,24-29,31-35,37,39-43,45,47-48H2,1-2H3,(H,52,55)/b17-15-,23-21-,30-22+,38-36+,46-44+. The fourth-order valence-electron chi connectivity index (χ4n) is 7.00. The molecule has 0 rings (SSSR count). The number of nitrogens with one attached hydrogen (secondary N) is 1. The van der Waals surface area contributed by atoms with E-state index in [0.29, 0.717) is 6.42 Å². The molecule has 0 saturated heterocycles. The van der Waals surface area contributed by atoms with Crippen molar-refractivity contribution in [3.05, 3.63) is 60.8 Å². The molecule has 1 amide bonds. The lowest BCUT2D eigenvalue weighted by atomic mass is 10.0. The summed E-state index contributed by atoms with van der Waals surface area (Å²) in [6.07, 6.45) is 64.8. The molecular weight excluding hydrogens is 675 g/mol. The van der Waals surface area contributed by atoms with Crippen LogP contribution in [-0.2, 0) is 4.79 Å². The quantitative estimate of drug-likeness (QED) is 0.0427. The van der Waals surface area contributed by atoms with Crippen molar-refractivity contribution in [1.82, 2.24) is 5.32 Å². The van der Waals surface area contributed by atoms with Gasteiger partial charge in [-0.05, 0) is 77.0 Å². The second-order valence-electron chi connectivity index (χ2n) is 16.2. The minimum absolute atomic E-state index is 0.0794. The lowest BCUT2D eigenvalue weighted by Gasteiger charge is -2.19. The summed E-state index contributed by atoms with van der Waals surface area (Å²) in [4.78, 5) is 12.4. The number of allylic oxidation sites excluding steroid dienone is 9. The van der Waals surface area contributed by atoms with Crippen LogP contribution in [0, 0.1) is 0 Å². The number of hydrogen-bond donors (Lipinski definition) is 3. The number of aliphatic hydroxyl groups excluding tert-OH is 2. The highest BCUT2D eigenvalue weighted by molar-refractivity contribution is 5.76. The Balaban J connectivity index is 3.60. The third-order valence-electron chi connectivity index (χ3n) is 10.7. The van der Waals surface area contributed by atoms with Crippen LogP contribution in [0.2, 0.25) is 0 Å². The third-order valence-corrected chi connectivity index (χ3v) is 10.7. The van der Waals surface area contributed by atoms with Gasteiger partial charge < -0.3 is 15.5 Å². The van der Waals surface area contributed by atoms with Gasteiger partial charge in [0.1, 0.15) is 0 Å². The smallest absolute Gasteiger partial charge is 0.220 e. The molecular formula is C51H93NO3. The first kappa shape index (κ1) is 53.1. The van der Waals surface area contributed by atoms with Crippen molar-refractivity contribution in [1.29, 1.82) is 0 Å². The van der Waals surface area contributed by atoms with Crippen LogP contribution in [0.5, 0.6) is 0 Å². The summed E-state index contributed by atoms with van der Waals surface area (Å²) >= 11 is 0. The summed E-state index contributed by atoms with van der Waals surface area (Å²) in [5, 5.41) is 23.0. The monoisotopic (exact) mass is 768 g/mol. The Kier molecular flexibility index (Phi) is 44.9. The van der Waals surface area contributed by atoms with Crippen molar-refractivity contribution in [3.63, 3.8) is 0 Å². The van der Waals surface area contributed by atoms with Crippen LogP contribution in [0.4, 0.5) is 0 Å². The number of unbranched alkanes of at least 4 members (excludes halogenated alkanes) is 28. The molecule has 2 unspecified atom stereocenters. The van der Waals surface area contributed by atoms with Crippen LogP contribution in [0.15, 0.2) is 60.8 Å². The van der Waals surface area contributed by atoms with E-state index in [-0.39, 0.29) is 12.5 Å². The summed E-state index contributed by atoms with van der Waals surface area (Å²) in [6, 6.07) is -0.647.